The van der Waals surface area contributed by atoms with Crippen molar-refractivity contribution in [2.45, 2.75) is 0 Å². The van der Waals surface area contributed by atoms with Crippen LogP contribution < -0.4 is 5.32 Å². The molecule has 110 valence electrons. The van der Waals surface area contributed by atoms with E-state index >= 15 is 0 Å². The van der Waals surface area contributed by atoms with E-state index in [-0.39, 0.29) is 10.6 Å². The molecular weight excluding hydrogens is 326 g/mol. The Morgan fingerprint density at radius 1 is 1.14 bits per heavy atom. The second-order valence-electron chi connectivity index (χ2n) is 4.61. The van der Waals surface area contributed by atoms with Gasteiger partial charge in [0.1, 0.15) is 5.82 Å². The van der Waals surface area contributed by atoms with Crippen molar-refractivity contribution in [2.75, 3.05) is 5.32 Å². The zero-order chi connectivity index (χ0) is 15.7. The summed E-state index contributed by atoms with van der Waals surface area (Å²) in [5, 5.41) is 4.02. The Balaban J connectivity index is 2.01. The van der Waals surface area contributed by atoms with Gasteiger partial charge in [0.2, 0.25) is 0 Å². The Kier molecular flexibility index (Phi) is 3.96. The van der Waals surface area contributed by atoms with Crippen LogP contribution in [0.3, 0.4) is 0 Å². The first-order chi connectivity index (χ1) is 10.5. The van der Waals surface area contributed by atoms with Crippen molar-refractivity contribution in [1.82, 2.24) is 4.98 Å². The minimum atomic E-state index is -0.503. The quantitative estimate of drug-likeness (QED) is 0.721. The minimum Gasteiger partial charge on any atom is -0.320 e. The van der Waals surface area contributed by atoms with Gasteiger partial charge in [-0.05, 0) is 36.4 Å². The first-order valence-corrected chi connectivity index (χ1v) is 7.11. The van der Waals surface area contributed by atoms with E-state index in [0.717, 1.165) is 11.5 Å². The zero-order valence-corrected chi connectivity index (χ0v) is 12.6. The number of amides is 1. The van der Waals surface area contributed by atoms with Gasteiger partial charge in [-0.15, -0.1) is 0 Å². The van der Waals surface area contributed by atoms with Gasteiger partial charge in [-0.2, -0.15) is 0 Å². The molecule has 0 unspecified atom stereocenters. The van der Waals surface area contributed by atoms with Gasteiger partial charge >= 0.3 is 0 Å². The summed E-state index contributed by atoms with van der Waals surface area (Å²) in [4.78, 5) is 16.6. The van der Waals surface area contributed by atoms with E-state index in [1.807, 2.05) is 6.07 Å². The molecule has 1 amide bonds. The summed E-state index contributed by atoms with van der Waals surface area (Å²) in [6.45, 7) is 0. The molecule has 0 aliphatic heterocycles. The average Bonchev–Trinajstić information content (AvgIpc) is 2.46. The van der Waals surface area contributed by atoms with Crippen molar-refractivity contribution < 1.29 is 9.18 Å². The second kappa shape index (κ2) is 5.91. The number of pyridine rings is 1. The largest absolute Gasteiger partial charge is 0.320 e. The molecule has 0 fully saturated rings. The lowest BCUT2D eigenvalue weighted by molar-refractivity contribution is 0.102. The van der Waals surface area contributed by atoms with Gasteiger partial charge in [0.25, 0.3) is 5.91 Å². The standard InChI is InChI=1S/C16H9Cl2FN2O/c17-10-6-9-2-1-5-20-15(9)14(7-10)21-16(22)12-4-3-11(19)8-13(12)18/h1-8H,(H,21,22). The highest BCUT2D eigenvalue weighted by Gasteiger charge is 2.13. The lowest BCUT2D eigenvalue weighted by atomic mass is 10.1. The Labute approximate surface area is 135 Å². The van der Waals surface area contributed by atoms with Gasteiger partial charge in [-0.25, -0.2) is 4.39 Å². The Hall–Kier alpha value is -2.17. The number of rotatable bonds is 2. The third-order valence-corrected chi connectivity index (χ3v) is 3.62. The van der Waals surface area contributed by atoms with Crippen LogP contribution in [0.1, 0.15) is 10.4 Å². The molecular formula is C16H9Cl2FN2O. The van der Waals surface area contributed by atoms with E-state index in [9.17, 15) is 9.18 Å². The van der Waals surface area contributed by atoms with E-state index in [2.05, 4.69) is 10.3 Å². The fourth-order valence-corrected chi connectivity index (χ4v) is 2.59. The molecule has 6 heteroatoms. The van der Waals surface area contributed by atoms with E-state index in [1.54, 1.807) is 24.4 Å². The van der Waals surface area contributed by atoms with Crippen LogP contribution in [-0.2, 0) is 0 Å². The van der Waals surface area contributed by atoms with Crippen LogP contribution in [0.5, 0.6) is 0 Å². The van der Waals surface area contributed by atoms with Gasteiger partial charge in [0.05, 0.1) is 21.8 Å². The molecule has 0 aliphatic rings. The summed E-state index contributed by atoms with van der Waals surface area (Å²) in [6.07, 6.45) is 1.62. The number of carbonyl (C=O) groups excluding carboxylic acids is 1. The summed E-state index contributed by atoms with van der Waals surface area (Å²) in [5.74, 6) is -0.962. The molecule has 1 aromatic heterocycles. The number of halogens is 3. The normalized spacial score (nSPS) is 10.7. The maximum Gasteiger partial charge on any atom is 0.257 e. The first kappa shape index (κ1) is 14.8. The molecule has 3 nitrogen and oxygen atoms in total. The molecule has 0 spiro atoms. The van der Waals surface area contributed by atoms with Gasteiger partial charge in [-0.3, -0.25) is 9.78 Å². The number of benzene rings is 2. The van der Waals surface area contributed by atoms with Crippen LogP contribution in [0, 0.1) is 5.82 Å². The Bertz CT molecular complexity index is 883. The topological polar surface area (TPSA) is 42.0 Å². The fourth-order valence-electron chi connectivity index (χ4n) is 2.11. The predicted octanol–water partition coefficient (Wildman–Crippen LogP) is 4.93. The average molecular weight is 335 g/mol. The lowest BCUT2D eigenvalue weighted by Gasteiger charge is -2.10. The van der Waals surface area contributed by atoms with Gasteiger partial charge in [0, 0.05) is 16.6 Å². The van der Waals surface area contributed by atoms with Gasteiger partial charge in [-0.1, -0.05) is 29.3 Å². The van der Waals surface area contributed by atoms with Crippen molar-refractivity contribution in [3.05, 3.63) is 70.1 Å². The smallest absolute Gasteiger partial charge is 0.257 e. The van der Waals surface area contributed by atoms with Crippen LogP contribution in [0.25, 0.3) is 10.9 Å². The minimum absolute atomic E-state index is 0.0387. The molecule has 2 aromatic carbocycles. The lowest BCUT2D eigenvalue weighted by Crippen LogP contribution is -2.13. The number of nitrogens with one attached hydrogen (secondary N) is 1. The summed E-state index contributed by atoms with van der Waals surface area (Å²) < 4.78 is 13.1. The molecule has 3 rings (SSSR count). The van der Waals surface area contributed by atoms with Crippen LogP contribution >= 0.6 is 23.2 Å². The predicted molar refractivity (Wildman–Crippen MR) is 86.1 cm³/mol. The molecule has 0 atom stereocenters. The van der Waals surface area contributed by atoms with Crippen molar-refractivity contribution in [2.24, 2.45) is 0 Å². The van der Waals surface area contributed by atoms with E-state index in [0.29, 0.717) is 16.2 Å². The Morgan fingerprint density at radius 3 is 2.73 bits per heavy atom. The number of fused-ring (bicyclic) bond motifs is 1. The van der Waals surface area contributed by atoms with Crippen LogP contribution in [0.4, 0.5) is 10.1 Å². The molecule has 3 aromatic rings. The molecule has 0 aliphatic carbocycles. The molecule has 1 heterocycles. The maximum absolute atomic E-state index is 13.1. The number of hydrogen-bond acceptors (Lipinski definition) is 2. The highest BCUT2D eigenvalue weighted by molar-refractivity contribution is 6.35. The van der Waals surface area contributed by atoms with Crippen LogP contribution in [0.2, 0.25) is 10.0 Å². The monoisotopic (exact) mass is 334 g/mol. The number of anilines is 1. The second-order valence-corrected chi connectivity index (χ2v) is 5.45. The molecule has 0 radical (unpaired) electrons. The molecule has 1 N–H and O–H groups in total. The highest BCUT2D eigenvalue weighted by Crippen LogP contribution is 2.27. The third kappa shape index (κ3) is 2.89. The third-order valence-electron chi connectivity index (χ3n) is 3.09. The van der Waals surface area contributed by atoms with Crippen molar-refractivity contribution >= 4 is 45.7 Å². The summed E-state index contributed by atoms with van der Waals surface area (Å²) in [7, 11) is 0. The van der Waals surface area contributed by atoms with Gasteiger partial charge in [0.15, 0.2) is 0 Å². The number of carbonyl (C=O) groups is 1. The number of aromatic nitrogens is 1. The highest BCUT2D eigenvalue weighted by atomic mass is 35.5. The molecule has 0 saturated carbocycles. The summed E-state index contributed by atoms with van der Waals surface area (Å²) in [6, 6.07) is 10.6. The fraction of sp³-hybridized carbons (Fsp3) is 0. The van der Waals surface area contributed by atoms with E-state index in [1.165, 1.54) is 12.1 Å². The number of nitrogens with zero attached hydrogens (tertiary/aromatic N) is 1. The first-order valence-electron chi connectivity index (χ1n) is 6.35. The van der Waals surface area contributed by atoms with Crippen LogP contribution in [-0.4, -0.2) is 10.9 Å². The number of hydrogen-bond donors (Lipinski definition) is 1. The Morgan fingerprint density at radius 2 is 1.95 bits per heavy atom. The van der Waals surface area contributed by atoms with E-state index < -0.39 is 11.7 Å². The van der Waals surface area contributed by atoms with Gasteiger partial charge < -0.3 is 5.32 Å². The zero-order valence-electron chi connectivity index (χ0n) is 11.1. The van der Waals surface area contributed by atoms with Crippen molar-refractivity contribution in [3.8, 4) is 0 Å². The SMILES string of the molecule is O=C(Nc1cc(Cl)cc2cccnc12)c1ccc(F)cc1Cl. The van der Waals surface area contributed by atoms with Crippen molar-refractivity contribution in [3.63, 3.8) is 0 Å². The molecule has 22 heavy (non-hydrogen) atoms. The van der Waals surface area contributed by atoms with Crippen LogP contribution in [0.15, 0.2) is 48.7 Å². The maximum atomic E-state index is 13.1. The van der Waals surface area contributed by atoms with Crippen molar-refractivity contribution in [1.29, 1.82) is 0 Å². The van der Waals surface area contributed by atoms with E-state index in [4.69, 9.17) is 23.2 Å². The molecule has 0 saturated heterocycles. The summed E-state index contributed by atoms with van der Waals surface area (Å²) >= 11 is 11.9. The summed E-state index contributed by atoms with van der Waals surface area (Å²) in [5.41, 5.74) is 1.25. The molecule has 0 bridgehead atoms.